The van der Waals surface area contributed by atoms with Gasteiger partial charge in [-0.2, -0.15) is 0 Å². The van der Waals surface area contributed by atoms with E-state index >= 15 is 0 Å². The number of benzene rings is 1. The zero-order chi connectivity index (χ0) is 17.7. The van der Waals surface area contributed by atoms with E-state index in [1.54, 1.807) is 0 Å². The van der Waals surface area contributed by atoms with Crippen LogP contribution in [0.2, 0.25) is 45.3 Å². The second-order valence-corrected chi connectivity index (χ2v) is 19.7. The second-order valence-electron chi connectivity index (χ2n) is 7.54. The Morgan fingerprint density at radius 3 is 1.87 bits per heavy atom. The summed E-state index contributed by atoms with van der Waals surface area (Å²) in [5, 5.41) is 0. The molecule has 0 bridgehead atoms. The number of hydrogen-bond acceptors (Lipinski definition) is 2. The van der Waals surface area contributed by atoms with E-state index in [1.165, 1.54) is 5.56 Å². The molecule has 2 nitrogen and oxygen atoms in total. The first-order chi connectivity index (χ1) is 10.5. The average Bonchev–Trinajstić information content (AvgIpc) is 2.39. The van der Waals surface area contributed by atoms with Gasteiger partial charge < -0.3 is 8.85 Å². The van der Waals surface area contributed by atoms with E-state index in [4.69, 9.17) is 32.1 Å². The van der Waals surface area contributed by atoms with Crippen molar-refractivity contribution in [2.75, 3.05) is 0 Å². The lowest BCUT2D eigenvalue weighted by Gasteiger charge is -2.36. The Hall–Kier alpha value is 0.371. The molecule has 23 heavy (non-hydrogen) atoms. The smallest absolute Gasteiger partial charge is 0.184 e. The Balaban J connectivity index is 3.08. The SMILES string of the molecule is C[Si](C)(C)OC(C[Si]C(Cl)Cl)C(O[Si](C)(C)C)c1ccccc1. The minimum Gasteiger partial charge on any atom is -0.412 e. The van der Waals surface area contributed by atoms with E-state index in [2.05, 4.69) is 63.5 Å². The molecule has 0 heterocycles. The number of alkyl halides is 2. The third kappa shape index (κ3) is 9.43. The van der Waals surface area contributed by atoms with Crippen molar-refractivity contribution < 1.29 is 8.85 Å². The number of halogens is 2. The summed E-state index contributed by atoms with van der Waals surface area (Å²) in [6.45, 7) is 13.3. The molecule has 0 aromatic heterocycles. The zero-order valence-electron chi connectivity index (χ0n) is 14.9. The summed E-state index contributed by atoms with van der Waals surface area (Å²) in [6, 6.07) is 11.2. The number of rotatable bonds is 9. The molecule has 0 amide bonds. The van der Waals surface area contributed by atoms with Gasteiger partial charge in [-0.05, 0) is 50.9 Å². The first kappa shape index (κ1) is 21.4. The summed E-state index contributed by atoms with van der Waals surface area (Å²) in [6.07, 6.45) is -0.0664. The predicted molar refractivity (Wildman–Crippen MR) is 108 cm³/mol. The molecule has 0 N–H and O–H groups in total. The van der Waals surface area contributed by atoms with Crippen LogP contribution in [0.25, 0.3) is 0 Å². The van der Waals surface area contributed by atoms with Gasteiger partial charge in [0.2, 0.25) is 0 Å². The molecule has 2 atom stereocenters. The summed E-state index contributed by atoms with van der Waals surface area (Å²) < 4.78 is 12.7. The van der Waals surface area contributed by atoms with E-state index in [1.807, 2.05) is 6.07 Å². The lowest BCUT2D eigenvalue weighted by Crippen LogP contribution is -2.41. The van der Waals surface area contributed by atoms with Gasteiger partial charge >= 0.3 is 0 Å². The summed E-state index contributed by atoms with van der Waals surface area (Å²) >= 11 is 12.0. The van der Waals surface area contributed by atoms with Crippen LogP contribution in [0, 0.1) is 0 Å². The molecule has 0 saturated carbocycles. The first-order valence-electron chi connectivity index (χ1n) is 7.90. The molecule has 2 radical (unpaired) electrons. The van der Waals surface area contributed by atoms with Crippen molar-refractivity contribution in [3.63, 3.8) is 0 Å². The predicted octanol–water partition coefficient (Wildman–Crippen LogP) is 5.68. The quantitative estimate of drug-likeness (QED) is 0.387. The van der Waals surface area contributed by atoms with Crippen LogP contribution in [0.4, 0.5) is 0 Å². The summed E-state index contributed by atoms with van der Waals surface area (Å²) in [5.74, 6) is 0. The molecule has 130 valence electrons. The molecular weight excluding hydrogens is 379 g/mol. The minimum atomic E-state index is -1.72. The monoisotopic (exact) mass is 406 g/mol. The van der Waals surface area contributed by atoms with Crippen molar-refractivity contribution in [3.05, 3.63) is 35.9 Å². The number of hydrogen-bond donors (Lipinski definition) is 0. The van der Waals surface area contributed by atoms with Crippen LogP contribution in [0.15, 0.2) is 30.3 Å². The highest BCUT2D eigenvalue weighted by Gasteiger charge is 2.33. The molecule has 1 rings (SSSR count). The Morgan fingerprint density at radius 1 is 0.913 bits per heavy atom. The Kier molecular flexibility index (Phi) is 8.54. The van der Waals surface area contributed by atoms with Gasteiger partial charge in [-0.15, -0.1) is 23.2 Å². The molecule has 1 aromatic carbocycles. The molecule has 1 aromatic rings. The maximum Gasteiger partial charge on any atom is 0.184 e. The van der Waals surface area contributed by atoms with Crippen molar-refractivity contribution in [2.24, 2.45) is 0 Å². The van der Waals surface area contributed by atoms with Crippen LogP contribution in [0.3, 0.4) is 0 Å². The van der Waals surface area contributed by atoms with Gasteiger partial charge in [-0.3, -0.25) is 0 Å². The molecule has 0 saturated heterocycles. The van der Waals surface area contributed by atoms with Gasteiger partial charge in [0.25, 0.3) is 0 Å². The lowest BCUT2D eigenvalue weighted by atomic mass is 10.1. The van der Waals surface area contributed by atoms with Crippen LogP contribution < -0.4 is 0 Å². The third-order valence-corrected chi connectivity index (χ3v) is 6.77. The van der Waals surface area contributed by atoms with E-state index < -0.39 is 16.6 Å². The fraction of sp³-hybridized carbons (Fsp3) is 0.625. The van der Waals surface area contributed by atoms with E-state index in [0.717, 1.165) is 6.04 Å². The highest BCUT2D eigenvalue weighted by molar-refractivity contribution is 6.71. The van der Waals surface area contributed by atoms with E-state index in [0.29, 0.717) is 9.52 Å². The molecule has 2 unspecified atom stereocenters. The third-order valence-electron chi connectivity index (χ3n) is 2.92. The summed E-state index contributed by atoms with van der Waals surface area (Å²) in [7, 11) is -2.99. The van der Waals surface area contributed by atoms with E-state index in [9.17, 15) is 0 Å². The highest BCUT2D eigenvalue weighted by atomic mass is 35.5. The zero-order valence-corrected chi connectivity index (χ0v) is 19.4. The standard InChI is InChI=1S/C16H28Cl2O2Si3/c1-22(2,3)19-14(12-21-16(17)18)15(20-23(4,5)6)13-10-8-7-9-11-13/h7-11,14-16H,12H2,1-6H3. The summed E-state index contributed by atoms with van der Waals surface area (Å²) in [5.41, 5.74) is 1.17. The molecule has 7 heteroatoms. The van der Waals surface area contributed by atoms with Gasteiger partial charge in [-0.1, -0.05) is 30.3 Å². The summed E-state index contributed by atoms with van der Waals surface area (Å²) in [4.78, 5) is 0. The highest BCUT2D eigenvalue weighted by Crippen LogP contribution is 2.31. The Labute approximate surface area is 155 Å². The van der Waals surface area contributed by atoms with Gasteiger partial charge in [0, 0.05) is 0 Å². The van der Waals surface area contributed by atoms with Crippen LogP contribution in [-0.4, -0.2) is 36.7 Å². The van der Waals surface area contributed by atoms with Crippen molar-refractivity contribution >= 4 is 49.4 Å². The van der Waals surface area contributed by atoms with Crippen LogP contribution in [0.1, 0.15) is 11.7 Å². The van der Waals surface area contributed by atoms with Gasteiger partial charge in [-0.25, -0.2) is 0 Å². The maximum absolute atomic E-state index is 6.52. The maximum atomic E-state index is 6.52. The minimum absolute atomic E-state index is 0.00544. The topological polar surface area (TPSA) is 18.5 Å². The fourth-order valence-electron chi connectivity index (χ4n) is 2.25. The van der Waals surface area contributed by atoms with Gasteiger partial charge in [0.05, 0.1) is 26.2 Å². The molecular formula is C16H28Cl2O2Si3. The van der Waals surface area contributed by atoms with Crippen molar-refractivity contribution in [1.82, 2.24) is 0 Å². The van der Waals surface area contributed by atoms with Crippen LogP contribution in [-0.2, 0) is 8.85 Å². The second kappa shape index (κ2) is 9.17. The largest absolute Gasteiger partial charge is 0.412 e. The van der Waals surface area contributed by atoms with Gasteiger partial charge in [0.15, 0.2) is 16.6 Å². The molecule has 0 aliphatic rings. The first-order valence-corrected chi connectivity index (χ1v) is 16.9. The lowest BCUT2D eigenvalue weighted by molar-refractivity contribution is 0.0550. The Morgan fingerprint density at radius 2 is 1.43 bits per heavy atom. The fourth-order valence-corrected chi connectivity index (χ4v) is 5.83. The van der Waals surface area contributed by atoms with Crippen LogP contribution in [0.5, 0.6) is 0 Å². The average molecular weight is 408 g/mol. The van der Waals surface area contributed by atoms with Gasteiger partial charge in [0.1, 0.15) is 0 Å². The Bertz CT molecular complexity index is 459. The van der Waals surface area contributed by atoms with Crippen molar-refractivity contribution in [3.8, 4) is 0 Å². The molecule has 0 aliphatic heterocycles. The van der Waals surface area contributed by atoms with Crippen LogP contribution >= 0.6 is 23.2 Å². The van der Waals surface area contributed by atoms with E-state index in [-0.39, 0.29) is 16.7 Å². The van der Waals surface area contributed by atoms with Crippen molar-refractivity contribution in [1.29, 1.82) is 0 Å². The molecule has 0 spiro atoms. The molecule has 0 aliphatic carbocycles. The molecule has 0 fully saturated rings. The van der Waals surface area contributed by atoms with Crippen molar-refractivity contribution in [2.45, 2.75) is 62.0 Å². The normalized spacial score (nSPS) is 15.7.